The first-order chi connectivity index (χ1) is 14.6. The van der Waals surface area contributed by atoms with Crippen LogP contribution in [0.5, 0.6) is 5.88 Å². The molecule has 0 unspecified atom stereocenters. The maximum atomic E-state index is 12.8. The number of nitrogens with zero attached hydrogens (tertiary/aromatic N) is 2. The molecule has 7 nitrogen and oxygen atoms in total. The molecular weight excluding hydrogens is 435 g/mol. The molecule has 0 atom stereocenters. The fourth-order valence-electron chi connectivity index (χ4n) is 2.69. The number of benzene rings is 2. The molecule has 0 saturated carbocycles. The van der Waals surface area contributed by atoms with Crippen LogP contribution in [0.1, 0.15) is 11.1 Å². The van der Waals surface area contributed by atoms with E-state index in [0.29, 0.717) is 17.7 Å². The molecule has 11 heteroatoms. The summed E-state index contributed by atoms with van der Waals surface area (Å²) in [5, 5.41) is 9.05. The van der Waals surface area contributed by atoms with Gasteiger partial charge in [-0.1, -0.05) is 29.8 Å². The number of anilines is 1. The molecule has 2 aromatic carbocycles. The van der Waals surface area contributed by atoms with Crippen LogP contribution in [0.25, 0.3) is 11.1 Å². The van der Waals surface area contributed by atoms with Crippen molar-refractivity contribution in [2.75, 3.05) is 17.9 Å². The van der Waals surface area contributed by atoms with Crippen molar-refractivity contribution in [3.05, 3.63) is 66.0 Å². The van der Waals surface area contributed by atoms with Gasteiger partial charge in [0.25, 0.3) is 10.0 Å². The summed E-state index contributed by atoms with van der Waals surface area (Å²) in [6.45, 7) is 1.51. The van der Waals surface area contributed by atoms with Crippen molar-refractivity contribution in [3.8, 4) is 17.0 Å². The number of hydrogen-bond donors (Lipinski definition) is 2. The van der Waals surface area contributed by atoms with Crippen LogP contribution in [-0.2, 0) is 16.2 Å². The number of aryl methyl sites for hydroxylation is 1. The van der Waals surface area contributed by atoms with Crippen LogP contribution in [0.15, 0.2) is 59.8 Å². The van der Waals surface area contributed by atoms with Crippen LogP contribution >= 0.6 is 0 Å². The van der Waals surface area contributed by atoms with Gasteiger partial charge in [-0.05, 0) is 36.8 Å². The molecule has 0 fully saturated rings. The highest BCUT2D eigenvalue weighted by Gasteiger charge is 2.31. The van der Waals surface area contributed by atoms with E-state index in [9.17, 15) is 21.6 Å². The van der Waals surface area contributed by atoms with Crippen LogP contribution in [0, 0.1) is 6.92 Å². The Morgan fingerprint density at radius 2 is 1.68 bits per heavy atom. The Kier molecular flexibility index (Phi) is 6.46. The fraction of sp³-hybridized carbons (Fsp3) is 0.200. The summed E-state index contributed by atoms with van der Waals surface area (Å²) in [7, 11) is -4.26. The summed E-state index contributed by atoms with van der Waals surface area (Å²) in [5.74, 6) is -0.0790. The number of hydrogen-bond acceptors (Lipinski definition) is 6. The van der Waals surface area contributed by atoms with E-state index in [4.69, 9.17) is 9.84 Å². The van der Waals surface area contributed by atoms with Crippen LogP contribution in [0.3, 0.4) is 0 Å². The van der Waals surface area contributed by atoms with Gasteiger partial charge in [0.15, 0.2) is 5.82 Å². The average molecular weight is 453 g/mol. The van der Waals surface area contributed by atoms with Gasteiger partial charge in [-0.3, -0.25) is 4.72 Å². The number of rotatable bonds is 7. The first-order valence-electron chi connectivity index (χ1n) is 8.97. The number of sulfonamides is 1. The maximum absolute atomic E-state index is 12.8. The molecule has 0 aliphatic carbocycles. The molecule has 0 aliphatic heterocycles. The van der Waals surface area contributed by atoms with Crippen molar-refractivity contribution in [3.63, 3.8) is 0 Å². The number of ether oxygens (including phenoxy) is 1. The van der Waals surface area contributed by atoms with Gasteiger partial charge >= 0.3 is 6.18 Å². The first kappa shape index (κ1) is 22.5. The van der Waals surface area contributed by atoms with E-state index in [-0.39, 0.29) is 35.4 Å². The van der Waals surface area contributed by atoms with Crippen LogP contribution in [0.2, 0.25) is 0 Å². The molecule has 31 heavy (non-hydrogen) atoms. The summed E-state index contributed by atoms with van der Waals surface area (Å²) in [6, 6.07) is 10.1. The van der Waals surface area contributed by atoms with Crippen LogP contribution in [0.4, 0.5) is 19.0 Å². The van der Waals surface area contributed by atoms with Crippen molar-refractivity contribution in [2.24, 2.45) is 0 Å². The molecule has 3 rings (SSSR count). The molecule has 0 radical (unpaired) electrons. The second kappa shape index (κ2) is 8.90. The molecular formula is C20H18F3N3O4S. The van der Waals surface area contributed by atoms with Crippen LogP contribution in [-0.4, -0.2) is 36.7 Å². The fourth-order valence-corrected chi connectivity index (χ4v) is 3.71. The zero-order chi connectivity index (χ0) is 22.6. The predicted octanol–water partition coefficient (Wildman–Crippen LogP) is 3.64. The number of aromatic nitrogens is 2. The lowest BCUT2D eigenvalue weighted by molar-refractivity contribution is -0.137. The Bertz CT molecular complexity index is 1150. The standard InChI is InChI=1S/C20H18F3N3O4S/c1-13-2-4-14(5-3-13)17-18(24-12-25-19(17)30-11-10-27)26-31(28,29)16-8-6-15(7-9-16)20(21,22)23/h2-9,12,27H,10-11H2,1H3,(H,24,25,26). The molecule has 0 amide bonds. The average Bonchev–Trinajstić information content (AvgIpc) is 2.72. The zero-order valence-corrected chi connectivity index (χ0v) is 17.0. The lowest BCUT2D eigenvalue weighted by atomic mass is 10.1. The van der Waals surface area contributed by atoms with E-state index < -0.39 is 21.8 Å². The lowest BCUT2D eigenvalue weighted by Gasteiger charge is -2.15. The molecule has 1 aromatic heterocycles. The van der Waals surface area contributed by atoms with Gasteiger partial charge in [0.2, 0.25) is 5.88 Å². The minimum Gasteiger partial charge on any atom is -0.475 e. The van der Waals surface area contributed by atoms with E-state index in [1.165, 1.54) is 0 Å². The van der Waals surface area contributed by atoms with Crippen molar-refractivity contribution in [1.29, 1.82) is 0 Å². The molecule has 0 spiro atoms. The van der Waals surface area contributed by atoms with E-state index in [2.05, 4.69) is 14.7 Å². The van der Waals surface area contributed by atoms with E-state index in [0.717, 1.165) is 24.0 Å². The van der Waals surface area contributed by atoms with E-state index in [1.807, 2.05) is 6.92 Å². The third-order valence-corrected chi connectivity index (χ3v) is 5.56. The second-order valence-electron chi connectivity index (χ2n) is 6.47. The Morgan fingerprint density at radius 3 is 2.26 bits per heavy atom. The number of alkyl halides is 3. The highest BCUT2D eigenvalue weighted by Crippen LogP contribution is 2.35. The van der Waals surface area contributed by atoms with Crippen molar-refractivity contribution in [1.82, 2.24) is 9.97 Å². The number of halogens is 3. The maximum Gasteiger partial charge on any atom is 0.416 e. The number of aliphatic hydroxyl groups excluding tert-OH is 1. The summed E-state index contributed by atoms with van der Waals surface area (Å²) < 4.78 is 71.6. The number of aliphatic hydroxyl groups is 1. The third kappa shape index (κ3) is 5.30. The topological polar surface area (TPSA) is 101 Å². The van der Waals surface area contributed by atoms with Gasteiger partial charge in [-0.2, -0.15) is 13.2 Å². The van der Waals surface area contributed by atoms with Gasteiger partial charge < -0.3 is 9.84 Å². The Morgan fingerprint density at radius 1 is 1.03 bits per heavy atom. The summed E-state index contributed by atoms with van der Waals surface area (Å²) in [4.78, 5) is 7.63. The minimum absolute atomic E-state index is 0.0398. The van der Waals surface area contributed by atoms with Gasteiger partial charge in [0.1, 0.15) is 12.9 Å². The van der Waals surface area contributed by atoms with E-state index >= 15 is 0 Å². The lowest BCUT2D eigenvalue weighted by Crippen LogP contribution is -2.16. The van der Waals surface area contributed by atoms with Gasteiger partial charge in [0, 0.05) is 0 Å². The predicted molar refractivity (Wildman–Crippen MR) is 107 cm³/mol. The van der Waals surface area contributed by atoms with Crippen molar-refractivity contribution < 1.29 is 31.4 Å². The smallest absolute Gasteiger partial charge is 0.416 e. The second-order valence-corrected chi connectivity index (χ2v) is 8.15. The zero-order valence-electron chi connectivity index (χ0n) is 16.2. The van der Waals surface area contributed by atoms with E-state index in [1.54, 1.807) is 24.3 Å². The van der Waals surface area contributed by atoms with Gasteiger partial charge in [-0.25, -0.2) is 18.4 Å². The largest absolute Gasteiger partial charge is 0.475 e. The quantitative estimate of drug-likeness (QED) is 0.567. The highest BCUT2D eigenvalue weighted by molar-refractivity contribution is 7.92. The normalized spacial score (nSPS) is 11.9. The molecule has 0 saturated heterocycles. The monoisotopic (exact) mass is 453 g/mol. The highest BCUT2D eigenvalue weighted by atomic mass is 32.2. The summed E-state index contributed by atoms with van der Waals surface area (Å²) in [5.41, 5.74) is 0.773. The first-order valence-corrected chi connectivity index (χ1v) is 10.5. The Hall–Kier alpha value is -3.18. The molecule has 0 aliphatic rings. The summed E-state index contributed by atoms with van der Waals surface area (Å²) in [6.07, 6.45) is -3.51. The molecule has 164 valence electrons. The van der Waals surface area contributed by atoms with Gasteiger partial charge in [-0.15, -0.1) is 0 Å². The third-order valence-electron chi connectivity index (χ3n) is 4.21. The summed E-state index contributed by atoms with van der Waals surface area (Å²) >= 11 is 0. The minimum atomic E-state index is -4.58. The number of nitrogens with one attached hydrogen (secondary N) is 1. The van der Waals surface area contributed by atoms with Crippen molar-refractivity contribution >= 4 is 15.8 Å². The molecule has 0 bridgehead atoms. The van der Waals surface area contributed by atoms with Gasteiger partial charge in [0.05, 0.1) is 22.6 Å². The molecule has 2 N–H and O–H groups in total. The SMILES string of the molecule is Cc1ccc(-c2c(NS(=O)(=O)c3ccc(C(F)(F)F)cc3)ncnc2OCCO)cc1. The van der Waals surface area contributed by atoms with Crippen molar-refractivity contribution in [2.45, 2.75) is 18.0 Å². The van der Waals surface area contributed by atoms with Crippen LogP contribution < -0.4 is 9.46 Å². The molecule has 3 aromatic rings. The Balaban J connectivity index is 2.02. The Labute approximate surface area is 176 Å². The molecule has 1 heterocycles.